The van der Waals surface area contributed by atoms with Crippen molar-refractivity contribution in [3.05, 3.63) is 89.5 Å². The molecule has 2 fully saturated rings. The van der Waals surface area contributed by atoms with E-state index in [-0.39, 0.29) is 24.1 Å². The van der Waals surface area contributed by atoms with Gasteiger partial charge in [0, 0.05) is 44.1 Å². The van der Waals surface area contributed by atoms with Gasteiger partial charge < -0.3 is 20.4 Å². The number of benzene rings is 2. The van der Waals surface area contributed by atoms with Gasteiger partial charge in [-0.2, -0.15) is 0 Å². The van der Waals surface area contributed by atoms with Crippen molar-refractivity contribution in [2.45, 2.75) is 44.4 Å². The standard InChI is InChI=1S/C29H30FN5O2/c1-18-14-33-28-27(18)26(9-10-32-28)37-25-8-7-20(11-23(25)30)12-24(31)29(36)35-17-21-13-22(35)16-34(21)15-19-5-3-2-4-6-19/h2-11,14,21-22,24H,12-13,15-17,31H2,1H3,(H,32,33)/t21-,22-,24-/m0/s1. The second-order valence-corrected chi connectivity index (χ2v) is 10.1. The van der Waals surface area contributed by atoms with E-state index in [1.165, 1.54) is 11.6 Å². The molecule has 1 amide bonds. The van der Waals surface area contributed by atoms with E-state index in [1.807, 2.05) is 24.1 Å². The maximum Gasteiger partial charge on any atom is 0.240 e. The minimum atomic E-state index is -0.713. The number of halogens is 1. The van der Waals surface area contributed by atoms with Crippen molar-refractivity contribution in [1.82, 2.24) is 19.8 Å². The summed E-state index contributed by atoms with van der Waals surface area (Å²) in [6.45, 7) is 4.41. The molecule has 0 aliphatic carbocycles. The van der Waals surface area contributed by atoms with Gasteiger partial charge in [-0.1, -0.05) is 36.4 Å². The third-order valence-corrected chi connectivity index (χ3v) is 7.59. The van der Waals surface area contributed by atoms with E-state index in [1.54, 1.807) is 24.4 Å². The molecule has 2 aliphatic rings. The van der Waals surface area contributed by atoms with Gasteiger partial charge in [-0.25, -0.2) is 9.37 Å². The number of amides is 1. The molecule has 2 saturated heterocycles. The van der Waals surface area contributed by atoms with Gasteiger partial charge in [0.25, 0.3) is 0 Å². The smallest absolute Gasteiger partial charge is 0.240 e. The molecule has 2 aromatic heterocycles. The molecule has 0 radical (unpaired) electrons. The molecule has 37 heavy (non-hydrogen) atoms. The SMILES string of the molecule is Cc1c[nH]c2nccc(Oc3ccc(C[C@H](N)C(=O)N4C[C@@H]5C[C@H]4CN5Cc4ccccc4)cc3F)c12. The maximum absolute atomic E-state index is 15.0. The Morgan fingerprint density at radius 1 is 1.14 bits per heavy atom. The fraction of sp³-hybridized carbons (Fsp3) is 0.310. The summed E-state index contributed by atoms with van der Waals surface area (Å²) in [5.41, 5.74) is 9.94. The number of ether oxygens (including phenoxy) is 1. The van der Waals surface area contributed by atoms with Crippen LogP contribution in [0.15, 0.2) is 67.0 Å². The van der Waals surface area contributed by atoms with Crippen molar-refractivity contribution in [2.24, 2.45) is 5.73 Å². The number of hydrogen-bond acceptors (Lipinski definition) is 5. The van der Waals surface area contributed by atoms with Crippen molar-refractivity contribution in [3.63, 3.8) is 0 Å². The summed E-state index contributed by atoms with van der Waals surface area (Å²) in [6.07, 6.45) is 4.72. The van der Waals surface area contributed by atoms with Gasteiger partial charge in [0.15, 0.2) is 11.6 Å². The molecule has 7 nitrogen and oxygen atoms in total. The average molecular weight is 500 g/mol. The number of pyridine rings is 1. The van der Waals surface area contributed by atoms with Crippen LogP contribution in [0.5, 0.6) is 11.5 Å². The van der Waals surface area contributed by atoms with Gasteiger partial charge in [0.1, 0.15) is 11.4 Å². The number of carbonyl (C=O) groups is 1. The fourth-order valence-electron chi connectivity index (χ4n) is 5.73. The summed E-state index contributed by atoms with van der Waals surface area (Å²) >= 11 is 0. The summed E-state index contributed by atoms with van der Waals surface area (Å²) in [4.78, 5) is 24.9. The number of likely N-dealkylation sites (tertiary alicyclic amines) is 2. The highest BCUT2D eigenvalue weighted by atomic mass is 19.1. The minimum absolute atomic E-state index is 0.0605. The summed E-state index contributed by atoms with van der Waals surface area (Å²) in [5.74, 6) is 0.0987. The number of aromatic amines is 1. The monoisotopic (exact) mass is 499 g/mol. The number of rotatable bonds is 7. The third-order valence-electron chi connectivity index (χ3n) is 7.59. The Hall–Kier alpha value is -3.75. The number of aromatic nitrogens is 2. The molecule has 0 unspecified atom stereocenters. The Morgan fingerprint density at radius 2 is 1.97 bits per heavy atom. The Bertz CT molecular complexity index is 1440. The number of nitrogens with one attached hydrogen (secondary N) is 1. The van der Waals surface area contributed by atoms with Crippen LogP contribution in [0.2, 0.25) is 0 Å². The predicted octanol–water partition coefficient (Wildman–Crippen LogP) is 4.16. The normalized spacial score (nSPS) is 20.0. The number of carbonyl (C=O) groups excluding carboxylic acids is 1. The third kappa shape index (κ3) is 4.58. The van der Waals surface area contributed by atoms with Gasteiger partial charge >= 0.3 is 0 Å². The van der Waals surface area contributed by atoms with Crippen LogP contribution in [-0.4, -0.2) is 56.9 Å². The number of H-pyrrole nitrogens is 1. The number of piperazine rings is 1. The number of fused-ring (bicyclic) bond motifs is 3. The molecular weight excluding hydrogens is 469 g/mol. The van der Waals surface area contributed by atoms with Crippen LogP contribution >= 0.6 is 0 Å². The van der Waals surface area contributed by atoms with Gasteiger partial charge in [0.05, 0.1) is 11.4 Å². The molecule has 0 saturated carbocycles. The zero-order valence-corrected chi connectivity index (χ0v) is 20.7. The summed E-state index contributed by atoms with van der Waals surface area (Å²) in [5, 5.41) is 0.820. The lowest BCUT2D eigenvalue weighted by molar-refractivity contribution is -0.135. The summed E-state index contributed by atoms with van der Waals surface area (Å²) in [6, 6.07) is 16.7. The van der Waals surface area contributed by atoms with Crippen LogP contribution in [0.25, 0.3) is 11.0 Å². The second-order valence-electron chi connectivity index (χ2n) is 10.1. The first kappa shape index (κ1) is 23.6. The topological polar surface area (TPSA) is 87.5 Å². The molecule has 190 valence electrons. The maximum atomic E-state index is 15.0. The van der Waals surface area contributed by atoms with Gasteiger partial charge in [0.2, 0.25) is 5.91 Å². The van der Waals surface area contributed by atoms with E-state index in [0.717, 1.165) is 30.5 Å². The Labute approximate surface area is 215 Å². The minimum Gasteiger partial charge on any atom is -0.453 e. The molecule has 4 heterocycles. The number of hydrogen-bond donors (Lipinski definition) is 2. The van der Waals surface area contributed by atoms with Gasteiger partial charge in [-0.15, -0.1) is 0 Å². The largest absolute Gasteiger partial charge is 0.453 e. The van der Waals surface area contributed by atoms with Crippen molar-refractivity contribution in [1.29, 1.82) is 0 Å². The first-order valence-electron chi connectivity index (χ1n) is 12.7. The highest BCUT2D eigenvalue weighted by molar-refractivity contribution is 5.86. The molecule has 2 aromatic carbocycles. The quantitative estimate of drug-likeness (QED) is 0.399. The van der Waals surface area contributed by atoms with Crippen LogP contribution in [0.3, 0.4) is 0 Å². The Kier molecular flexibility index (Phi) is 6.14. The van der Waals surface area contributed by atoms with Crippen molar-refractivity contribution in [2.75, 3.05) is 13.1 Å². The number of nitrogens with zero attached hydrogens (tertiary/aromatic N) is 3. The predicted molar refractivity (Wildman–Crippen MR) is 140 cm³/mol. The lowest BCUT2D eigenvalue weighted by atomic mass is 10.0. The molecule has 3 atom stereocenters. The van der Waals surface area contributed by atoms with Crippen molar-refractivity contribution >= 4 is 16.9 Å². The van der Waals surface area contributed by atoms with E-state index in [9.17, 15) is 9.18 Å². The lowest BCUT2D eigenvalue weighted by Crippen LogP contribution is -2.53. The van der Waals surface area contributed by atoms with E-state index < -0.39 is 11.9 Å². The Morgan fingerprint density at radius 3 is 2.73 bits per heavy atom. The highest BCUT2D eigenvalue weighted by Crippen LogP contribution is 2.34. The molecule has 3 N–H and O–H groups in total. The van der Waals surface area contributed by atoms with Crippen LogP contribution < -0.4 is 10.5 Å². The zero-order valence-electron chi connectivity index (χ0n) is 20.7. The van der Waals surface area contributed by atoms with E-state index in [2.05, 4.69) is 39.1 Å². The summed E-state index contributed by atoms with van der Waals surface area (Å²) in [7, 11) is 0. The fourth-order valence-corrected chi connectivity index (χ4v) is 5.73. The van der Waals surface area contributed by atoms with Crippen LogP contribution in [0.1, 0.15) is 23.1 Å². The molecule has 8 heteroatoms. The zero-order chi connectivity index (χ0) is 25.5. The number of nitrogens with two attached hydrogens (primary N) is 1. The lowest BCUT2D eigenvalue weighted by Gasteiger charge is -2.35. The molecule has 2 bridgehead atoms. The van der Waals surface area contributed by atoms with Gasteiger partial charge in [-0.3, -0.25) is 9.69 Å². The van der Waals surface area contributed by atoms with Crippen LogP contribution in [-0.2, 0) is 17.8 Å². The second kappa shape index (κ2) is 9.61. The first-order chi connectivity index (χ1) is 18.0. The van der Waals surface area contributed by atoms with E-state index in [4.69, 9.17) is 10.5 Å². The van der Waals surface area contributed by atoms with Crippen LogP contribution in [0.4, 0.5) is 4.39 Å². The van der Waals surface area contributed by atoms with Crippen molar-refractivity contribution < 1.29 is 13.9 Å². The molecule has 4 aromatic rings. The van der Waals surface area contributed by atoms with Crippen LogP contribution in [0, 0.1) is 12.7 Å². The van der Waals surface area contributed by atoms with Crippen molar-refractivity contribution in [3.8, 4) is 11.5 Å². The van der Waals surface area contributed by atoms with E-state index in [0.29, 0.717) is 29.5 Å². The number of aryl methyl sites for hydroxylation is 1. The molecule has 2 aliphatic heterocycles. The first-order valence-corrected chi connectivity index (χ1v) is 12.7. The Balaban J connectivity index is 1.08. The molecular formula is C29H30FN5O2. The molecule has 0 spiro atoms. The average Bonchev–Trinajstić information content (AvgIpc) is 3.61. The van der Waals surface area contributed by atoms with Gasteiger partial charge in [-0.05, 0) is 54.7 Å². The highest BCUT2D eigenvalue weighted by Gasteiger charge is 2.45. The van der Waals surface area contributed by atoms with E-state index >= 15 is 0 Å². The summed E-state index contributed by atoms with van der Waals surface area (Å²) < 4.78 is 20.9. The molecule has 6 rings (SSSR count).